The van der Waals surface area contributed by atoms with E-state index in [1.165, 1.54) is 12.1 Å². The van der Waals surface area contributed by atoms with Crippen LogP contribution in [0, 0.1) is 11.6 Å². The summed E-state index contributed by atoms with van der Waals surface area (Å²) in [4.78, 5) is 26.7. The zero-order valence-electron chi connectivity index (χ0n) is 16.7. The van der Waals surface area contributed by atoms with E-state index in [4.69, 9.17) is 4.74 Å². The molecule has 0 saturated heterocycles. The molecule has 2 amide bonds. The molecule has 30 heavy (non-hydrogen) atoms. The van der Waals surface area contributed by atoms with Crippen molar-refractivity contribution in [1.82, 2.24) is 15.5 Å². The second-order valence-electron chi connectivity index (χ2n) is 6.96. The third-order valence-corrected chi connectivity index (χ3v) is 4.67. The average molecular weight is 415 g/mol. The Morgan fingerprint density at radius 2 is 1.87 bits per heavy atom. The quantitative estimate of drug-likeness (QED) is 0.681. The summed E-state index contributed by atoms with van der Waals surface area (Å²) in [5.74, 6) is -1.85. The second-order valence-corrected chi connectivity index (χ2v) is 6.96. The Morgan fingerprint density at radius 1 is 1.13 bits per heavy atom. The molecule has 1 aliphatic rings. The number of halogens is 2. The number of hydrogen-bond acceptors (Lipinski definition) is 4. The number of likely N-dealkylation sites (N-methyl/N-ethyl adjacent to an activating group) is 1. The van der Waals surface area contributed by atoms with Gasteiger partial charge in [-0.15, -0.1) is 0 Å². The lowest BCUT2D eigenvalue weighted by Crippen LogP contribution is -2.48. The van der Waals surface area contributed by atoms with E-state index in [9.17, 15) is 18.4 Å². The van der Waals surface area contributed by atoms with E-state index < -0.39 is 29.7 Å². The monoisotopic (exact) mass is 415 g/mol. The molecule has 8 heteroatoms. The fraction of sp³-hybridized carbons (Fsp3) is 0.273. The summed E-state index contributed by atoms with van der Waals surface area (Å²) in [5.41, 5.74) is 1.70. The van der Waals surface area contributed by atoms with E-state index in [1.807, 2.05) is 30.3 Å². The first-order valence-electron chi connectivity index (χ1n) is 9.54. The number of ether oxygens (including phenoxy) is 1. The molecule has 0 fully saturated rings. The molecule has 2 aromatic rings. The predicted octanol–water partition coefficient (Wildman–Crippen LogP) is 3.27. The van der Waals surface area contributed by atoms with Crippen molar-refractivity contribution in [3.63, 3.8) is 0 Å². The van der Waals surface area contributed by atoms with Gasteiger partial charge in [-0.25, -0.2) is 18.4 Å². The highest BCUT2D eigenvalue weighted by molar-refractivity contribution is 5.95. The Hall–Kier alpha value is -3.26. The Morgan fingerprint density at radius 3 is 2.53 bits per heavy atom. The van der Waals surface area contributed by atoms with E-state index in [2.05, 4.69) is 10.6 Å². The molecule has 0 bridgehead atoms. The normalized spacial score (nSPS) is 16.3. The van der Waals surface area contributed by atoms with Crippen molar-refractivity contribution in [3.05, 3.63) is 82.6 Å². The van der Waals surface area contributed by atoms with Gasteiger partial charge in [-0.3, -0.25) is 4.90 Å². The summed E-state index contributed by atoms with van der Waals surface area (Å²) in [6.45, 7) is 2.20. The summed E-state index contributed by atoms with van der Waals surface area (Å²) in [7, 11) is 1.71. The molecular formula is C22H23F2N3O3. The fourth-order valence-electron chi connectivity index (χ4n) is 3.35. The number of hydrogen-bond donors (Lipinski definition) is 2. The minimum Gasteiger partial charge on any atom is -0.463 e. The molecule has 0 radical (unpaired) electrons. The zero-order valence-corrected chi connectivity index (χ0v) is 16.7. The largest absolute Gasteiger partial charge is 0.463 e. The third-order valence-electron chi connectivity index (χ3n) is 4.67. The number of carbonyl (C=O) groups is 2. The van der Waals surface area contributed by atoms with E-state index in [1.54, 1.807) is 18.9 Å². The lowest BCUT2D eigenvalue weighted by Gasteiger charge is -2.31. The van der Waals surface area contributed by atoms with E-state index in [-0.39, 0.29) is 25.3 Å². The molecule has 3 rings (SSSR count). The number of esters is 1. The van der Waals surface area contributed by atoms with Crippen molar-refractivity contribution in [1.29, 1.82) is 0 Å². The first-order chi connectivity index (χ1) is 14.4. The third kappa shape index (κ3) is 5.01. The van der Waals surface area contributed by atoms with E-state index >= 15 is 0 Å². The highest BCUT2D eigenvalue weighted by atomic mass is 19.1. The number of urea groups is 1. The molecule has 0 aromatic heterocycles. The van der Waals surface area contributed by atoms with Crippen LogP contribution in [-0.2, 0) is 16.1 Å². The SMILES string of the molecule is CCOC(=O)C1=C(CN(C)Cc2ccc(F)cc2F)NC(=O)NC1c1ccccc1. The van der Waals surface area contributed by atoms with Gasteiger partial charge >= 0.3 is 12.0 Å². The minimum absolute atomic E-state index is 0.154. The van der Waals surface area contributed by atoms with Crippen molar-refractivity contribution in [2.24, 2.45) is 0 Å². The molecule has 1 aliphatic heterocycles. The van der Waals surface area contributed by atoms with Crippen LogP contribution in [0.1, 0.15) is 24.1 Å². The molecule has 2 aromatic carbocycles. The molecule has 1 atom stereocenters. The van der Waals surface area contributed by atoms with Crippen LogP contribution >= 0.6 is 0 Å². The van der Waals surface area contributed by atoms with Crippen molar-refractivity contribution >= 4 is 12.0 Å². The predicted molar refractivity (Wildman–Crippen MR) is 107 cm³/mol. The first-order valence-corrected chi connectivity index (χ1v) is 9.54. The average Bonchev–Trinajstić information content (AvgIpc) is 2.70. The molecule has 0 saturated carbocycles. The van der Waals surface area contributed by atoms with Gasteiger partial charge in [-0.05, 0) is 25.6 Å². The smallest absolute Gasteiger partial charge is 0.338 e. The van der Waals surface area contributed by atoms with Crippen molar-refractivity contribution in [3.8, 4) is 0 Å². The van der Waals surface area contributed by atoms with E-state index in [0.29, 0.717) is 11.3 Å². The van der Waals surface area contributed by atoms with Crippen LogP contribution in [0.4, 0.5) is 13.6 Å². The highest BCUT2D eigenvalue weighted by Crippen LogP contribution is 2.28. The van der Waals surface area contributed by atoms with Gasteiger partial charge in [0.25, 0.3) is 0 Å². The summed E-state index contributed by atoms with van der Waals surface area (Å²) in [6, 6.07) is 11.3. The van der Waals surface area contributed by atoms with E-state index in [0.717, 1.165) is 11.6 Å². The number of amides is 2. The number of benzene rings is 2. The van der Waals surface area contributed by atoms with Crippen LogP contribution in [0.15, 0.2) is 59.8 Å². The van der Waals surface area contributed by atoms with Crippen LogP contribution in [-0.4, -0.2) is 37.1 Å². The van der Waals surface area contributed by atoms with Crippen molar-refractivity contribution in [2.75, 3.05) is 20.2 Å². The maximum absolute atomic E-state index is 14.0. The lowest BCUT2D eigenvalue weighted by molar-refractivity contribution is -0.139. The van der Waals surface area contributed by atoms with Crippen LogP contribution in [0.25, 0.3) is 0 Å². The Balaban J connectivity index is 1.92. The molecule has 158 valence electrons. The topological polar surface area (TPSA) is 70.7 Å². The molecule has 2 N–H and O–H groups in total. The van der Waals surface area contributed by atoms with Gasteiger partial charge in [0.1, 0.15) is 11.6 Å². The second kappa shape index (κ2) is 9.49. The van der Waals surface area contributed by atoms with Crippen LogP contribution in [0.3, 0.4) is 0 Å². The van der Waals surface area contributed by atoms with Crippen LogP contribution in [0.5, 0.6) is 0 Å². The molecular weight excluding hydrogens is 392 g/mol. The number of nitrogens with one attached hydrogen (secondary N) is 2. The Kier molecular flexibility index (Phi) is 6.79. The molecule has 0 aliphatic carbocycles. The Labute approximate surface area is 173 Å². The molecule has 6 nitrogen and oxygen atoms in total. The lowest BCUT2D eigenvalue weighted by atomic mass is 9.95. The summed E-state index contributed by atoms with van der Waals surface area (Å²) < 4.78 is 32.4. The van der Waals surface area contributed by atoms with Gasteiger partial charge in [0, 0.05) is 30.4 Å². The molecule has 1 heterocycles. The number of nitrogens with zero attached hydrogens (tertiary/aromatic N) is 1. The maximum Gasteiger partial charge on any atom is 0.338 e. The Bertz CT molecular complexity index is 963. The minimum atomic E-state index is -0.676. The number of rotatable bonds is 7. The van der Waals surface area contributed by atoms with Gasteiger partial charge in [0.15, 0.2) is 0 Å². The fourth-order valence-corrected chi connectivity index (χ4v) is 3.35. The van der Waals surface area contributed by atoms with Crippen molar-refractivity contribution in [2.45, 2.75) is 19.5 Å². The van der Waals surface area contributed by atoms with Gasteiger partial charge in [-0.2, -0.15) is 0 Å². The maximum atomic E-state index is 14.0. The van der Waals surface area contributed by atoms with Crippen molar-refractivity contribution < 1.29 is 23.1 Å². The zero-order chi connectivity index (χ0) is 21.7. The number of carbonyl (C=O) groups excluding carboxylic acids is 2. The van der Waals surface area contributed by atoms with Gasteiger partial charge in [-0.1, -0.05) is 36.4 Å². The first kappa shape index (κ1) is 21.4. The van der Waals surface area contributed by atoms with Gasteiger partial charge < -0.3 is 15.4 Å². The molecule has 1 unspecified atom stereocenters. The molecule has 0 spiro atoms. The standard InChI is InChI=1S/C22H23F2N3O3/c1-3-30-21(28)19-18(13-27(2)12-15-9-10-16(23)11-17(15)24)25-22(29)26-20(19)14-7-5-4-6-8-14/h4-11,20H,3,12-13H2,1-2H3,(H2,25,26,29). The van der Waals surface area contributed by atoms with Gasteiger partial charge in [0.2, 0.25) is 0 Å². The highest BCUT2D eigenvalue weighted by Gasteiger charge is 2.34. The van der Waals surface area contributed by atoms with Crippen LogP contribution < -0.4 is 10.6 Å². The summed E-state index contributed by atoms with van der Waals surface area (Å²) in [6.07, 6.45) is 0. The summed E-state index contributed by atoms with van der Waals surface area (Å²) >= 11 is 0. The summed E-state index contributed by atoms with van der Waals surface area (Å²) in [5, 5.41) is 5.44. The van der Waals surface area contributed by atoms with Gasteiger partial charge in [0.05, 0.1) is 18.2 Å². The van der Waals surface area contributed by atoms with Crippen LogP contribution in [0.2, 0.25) is 0 Å².